The lowest BCUT2D eigenvalue weighted by molar-refractivity contribution is -0.143. The van der Waals surface area contributed by atoms with Crippen molar-refractivity contribution in [1.82, 2.24) is 0 Å². The molecule has 0 aliphatic carbocycles. The van der Waals surface area contributed by atoms with Crippen molar-refractivity contribution in [1.29, 1.82) is 0 Å². The van der Waals surface area contributed by atoms with Gasteiger partial charge in [-0.25, -0.2) is 4.79 Å². The van der Waals surface area contributed by atoms with Crippen molar-refractivity contribution in [3.8, 4) is 0 Å². The molecule has 3 rings (SSSR count). The van der Waals surface area contributed by atoms with E-state index in [4.69, 9.17) is 21.1 Å². The fourth-order valence-corrected chi connectivity index (χ4v) is 3.53. The van der Waals surface area contributed by atoms with E-state index in [0.717, 1.165) is 22.3 Å². The van der Waals surface area contributed by atoms with Crippen molar-refractivity contribution in [2.45, 2.75) is 33.3 Å². The SMILES string of the molecule is CCc1cc(Cl)cc(C)c1C1=C(OC(C)=O)C(c2ccccc2)OC1=O. The maximum Gasteiger partial charge on any atom is 0.343 e. The average Bonchev–Trinajstić information content (AvgIpc) is 2.90. The van der Waals surface area contributed by atoms with E-state index in [0.29, 0.717) is 17.0 Å². The van der Waals surface area contributed by atoms with Gasteiger partial charge < -0.3 is 9.47 Å². The van der Waals surface area contributed by atoms with Crippen molar-refractivity contribution in [3.63, 3.8) is 0 Å². The van der Waals surface area contributed by atoms with Gasteiger partial charge in [-0.3, -0.25) is 4.79 Å². The quantitative estimate of drug-likeness (QED) is 0.726. The Morgan fingerprint density at radius 2 is 1.92 bits per heavy atom. The van der Waals surface area contributed by atoms with Crippen LogP contribution in [0.25, 0.3) is 5.57 Å². The first kappa shape index (κ1) is 18.2. The van der Waals surface area contributed by atoms with E-state index < -0.39 is 18.0 Å². The summed E-state index contributed by atoms with van der Waals surface area (Å²) in [5.74, 6) is -0.773. The highest BCUT2D eigenvalue weighted by Gasteiger charge is 2.39. The lowest BCUT2D eigenvalue weighted by Gasteiger charge is -2.15. The van der Waals surface area contributed by atoms with Crippen LogP contribution in [0.4, 0.5) is 0 Å². The van der Waals surface area contributed by atoms with Crippen LogP contribution in [0.5, 0.6) is 0 Å². The number of esters is 2. The molecule has 0 spiro atoms. The molecule has 0 saturated carbocycles. The molecule has 1 unspecified atom stereocenters. The molecule has 4 nitrogen and oxygen atoms in total. The molecule has 134 valence electrons. The summed E-state index contributed by atoms with van der Waals surface area (Å²) >= 11 is 6.17. The highest BCUT2D eigenvalue weighted by Crippen LogP contribution is 2.42. The predicted octanol–water partition coefficient (Wildman–Crippen LogP) is 4.78. The molecular formula is C21H19ClO4. The number of rotatable bonds is 4. The normalized spacial score (nSPS) is 16.6. The topological polar surface area (TPSA) is 52.6 Å². The summed E-state index contributed by atoms with van der Waals surface area (Å²) in [5, 5.41) is 0.601. The molecule has 1 aliphatic heterocycles. The third kappa shape index (κ3) is 3.37. The fraction of sp³-hybridized carbons (Fsp3) is 0.238. The van der Waals surface area contributed by atoms with Gasteiger partial charge in [-0.15, -0.1) is 0 Å². The van der Waals surface area contributed by atoms with Gasteiger partial charge >= 0.3 is 11.9 Å². The molecule has 5 heteroatoms. The van der Waals surface area contributed by atoms with Crippen molar-refractivity contribution in [3.05, 3.63) is 75.5 Å². The Bertz CT molecular complexity index is 900. The molecule has 2 aromatic rings. The molecule has 0 amide bonds. The lowest BCUT2D eigenvalue weighted by Crippen LogP contribution is -2.08. The molecule has 26 heavy (non-hydrogen) atoms. The second kappa shape index (κ2) is 7.34. The van der Waals surface area contributed by atoms with Gasteiger partial charge in [0.2, 0.25) is 0 Å². The summed E-state index contributed by atoms with van der Waals surface area (Å²) in [6.07, 6.45) is -0.0703. The first-order chi connectivity index (χ1) is 12.4. The zero-order valence-electron chi connectivity index (χ0n) is 14.8. The summed E-state index contributed by atoms with van der Waals surface area (Å²) in [5.41, 5.74) is 3.49. The molecule has 0 fully saturated rings. The Morgan fingerprint density at radius 3 is 2.54 bits per heavy atom. The van der Waals surface area contributed by atoms with Crippen LogP contribution in [0.1, 0.15) is 42.2 Å². The van der Waals surface area contributed by atoms with Crippen LogP contribution < -0.4 is 0 Å². The Labute approximate surface area is 157 Å². The van der Waals surface area contributed by atoms with E-state index in [1.807, 2.05) is 50.2 Å². The fourth-order valence-electron chi connectivity index (χ4n) is 3.23. The van der Waals surface area contributed by atoms with Gasteiger partial charge in [0.1, 0.15) is 5.57 Å². The van der Waals surface area contributed by atoms with Gasteiger partial charge in [0, 0.05) is 17.5 Å². The standard InChI is InChI=1S/C21H19ClO4/c1-4-14-11-16(22)10-12(2)17(14)18-20(25-13(3)23)19(26-21(18)24)15-8-6-5-7-9-15/h5-11,19H,4H2,1-3H3. The summed E-state index contributed by atoms with van der Waals surface area (Å²) in [7, 11) is 0. The van der Waals surface area contributed by atoms with Crippen molar-refractivity contribution in [2.75, 3.05) is 0 Å². The second-order valence-corrected chi connectivity index (χ2v) is 6.58. The third-order valence-corrected chi connectivity index (χ3v) is 4.50. The van der Waals surface area contributed by atoms with Crippen LogP contribution in [-0.2, 0) is 25.5 Å². The molecule has 0 N–H and O–H groups in total. The summed E-state index contributed by atoms with van der Waals surface area (Å²) < 4.78 is 11.1. The Hall–Kier alpha value is -2.59. The lowest BCUT2D eigenvalue weighted by atomic mass is 9.92. The van der Waals surface area contributed by atoms with Crippen LogP contribution in [0, 0.1) is 6.92 Å². The minimum absolute atomic E-state index is 0.230. The Balaban J connectivity index is 2.24. The Morgan fingerprint density at radius 1 is 1.23 bits per heavy atom. The van der Waals surface area contributed by atoms with Crippen LogP contribution >= 0.6 is 11.6 Å². The number of ether oxygens (including phenoxy) is 2. The molecular weight excluding hydrogens is 352 g/mol. The van der Waals surface area contributed by atoms with Gasteiger partial charge in [-0.2, -0.15) is 0 Å². The molecule has 0 radical (unpaired) electrons. The molecule has 1 atom stereocenters. The number of hydrogen-bond donors (Lipinski definition) is 0. The first-order valence-electron chi connectivity index (χ1n) is 8.40. The number of hydrogen-bond acceptors (Lipinski definition) is 4. The Kier molecular flexibility index (Phi) is 5.14. The molecule has 1 heterocycles. The number of benzene rings is 2. The van der Waals surface area contributed by atoms with Gasteiger partial charge in [0.05, 0.1) is 0 Å². The largest absolute Gasteiger partial charge is 0.445 e. The molecule has 1 aliphatic rings. The molecule has 0 aromatic heterocycles. The zero-order chi connectivity index (χ0) is 18.8. The van der Waals surface area contributed by atoms with E-state index in [1.54, 1.807) is 6.07 Å². The molecule has 0 bridgehead atoms. The maximum atomic E-state index is 12.8. The van der Waals surface area contributed by atoms with E-state index in [1.165, 1.54) is 6.92 Å². The molecule has 0 saturated heterocycles. The highest BCUT2D eigenvalue weighted by molar-refractivity contribution is 6.31. The van der Waals surface area contributed by atoms with Gasteiger partial charge in [0.15, 0.2) is 11.9 Å². The van der Waals surface area contributed by atoms with E-state index >= 15 is 0 Å². The third-order valence-electron chi connectivity index (χ3n) is 4.28. The summed E-state index contributed by atoms with van der Waals surface area (Å²) in [6.45, 7) is 5.17. The van der Waals surface area contributed by atoms with Gasteiger partial charge in [-0.1, -0.05) is 48.9 Å². The van der Waals surface area contributed by atoms with Crippen LogP contribution in [0.15, 0.2) is 48.2 Å². The summed E-state index contributed by atoms with van der Waals surface area (Å²) in [4.78, 5) is 24.5. The molecule has 2 aromatic carbocycles. The van der Waals surface area contributed by atoms with Crippen LogP contribution in [0.2, 0.25) is 5.02 Å². The number of carbonyl (C=O) groups is 2. The number of carbonyl (C=O) groups excluding carboxylic acids is 2. The number of aryl methyl sites for hydroxylation is 2. The minimum atomic E-state index is -0.748. The first-order valence-corrected chi connectivity index (χ1v) is 8.78. The minimum Gasteiger partial charge on any atom is -0.445 e. The van der Waals surface area contributed by atoms with Crippen molar-refractivity contribution in [2.24, 2.45) is 0 Å². The second-order valence-electron chi connectivity index (χ2n) is 6.14. The summed E-state index contributed by atoms with van der Waals surface area (Å²) in [6, 6.07) is 12.8. The zero-order valence-corrected chi connectivity index (χ0v) is 15.6. The highest BCUT2D eigenvalue weighted by atomic mass is 35.5. The number of cyclic esters (lactones) is 1. The predicted molar refractivity (Wildman–Crippen MR) is 99.5 cm³/mol. The van der Waals surface area contributed by atoms with E-state index in [2.05, 4.69) is 0 Å². The van der Waals surface area contributed by atoms with Crippen molar-refractivity contribution >= 4 is 29.1 Å². The van der Waals surface area contributed by atoms with E-state index in [9.17, 15) is 9.59 Å². The van der Waals surface area contributed by atoms with Gasteiger partial charge in [-0.05, 0) is 42.2 Å². The van der Waals surface area contributed by atoms with Crippen molar-refractivity contribution < 1.29 is 19.1 Å². The number of halogens is 1. The van der Waals surface area contributed by atoms with Crippen LogP contribution in [0.3, 0.4) is 0 Å². The smallest absolute Gasteiger partial charge is 0.343 e. The maximum absolute atomic E-state index is 12.8. The van der Waals surface area contributed by atoms with E-state index in [-0.39, 0.29) is 5.76 Å². The monoisotopic (exact) mass is 370 g/mol. The average molecular weight is 371 g/mol. The van der Waals surface area contributed by atoms with Gasteiger partial charge in [0.25, 0.3) is 0 Å². The van der Waals surface area contributed by atoms with Crippen LogP contribution in [-0.4, -0.2) is 11.9 Å².